The predicted octanol–water partition coefficient (Wildman–Crippen LogP) is 2.56. The number of carbonyl (C=O) groups is 2. The molecule has 0 aliphatic carbocycles. The van der Waals surface area contributed by atoms with E-state index in [2.05, 4.69) is 0 Å². The molecule has 1 atom stereocenters. The maximum Gasteiger partial charge on any atom is 0.383 e. The zero-order chi connectivity index (χ0) is 15.8. The van der Waals surface area contributed by atoms with Crippen LogP contribution < -0.4 is 0 Å². The summed E-state index contributed by atoms with van der Waals surface area (Å²) in [6.07, 6.45) is -9.84. The summed E-state index contributed by atoms with van der Waals surface area (Å²) in [6, 6.07) is -3.71. The van der Waals surface area contributed by atoms with Gasteiger partial charge in [-0.15, -0.1) is 0 Å². The van der Waals surface area contributed by atoms with Crippen LogP contribution in [-0.2, 0) is 9.59 Å². The quantitative estimate of drug-likeness (QED) is 0.429. The summed E-state index contributed by atoms with van der Waals surface area (Å²) < 4.78 is 122. The van der Waals surface area contributed by atoms with E-state index < -0.39 is 42.2 Å². The Morgan fingerprint density at radius 2 is 1.21 bits per heavy atom. The first kappa shape index (κ1) is 17.6. The van der Waals surface area contributed by atoms with Crippen LogP contribution in [0.2, 0.25) is 0 Å². The average molecular weight is 308 g/mol. The first-order valence-electron chi connectivity index (χ1n) is 4.01. The van der Waals surface area contributed by atoms with Crippen LogP contribution in [0.25, 0.3) is 0 Å². The van der Waals surface area contributed by atoms with Crippen molar-refractivity contribution in [3.8, 4) is 0 Å². The van der Waals surface area contributed by atoms with Crippen LogP contribution in [-0.4, -0.2) is 42.2 Å². The molecule has 0 spiro atoms. The molecule has 0 aliphatic heterocycles. The molecule has 0 rings (SSSR count). The Kier molecular flexibility index (Phi) is 4.61. The zero-order valence-electron chi connectivity index (χ0n) is 8.25. The van der Waals surface area contributed by atoms with E-state index in [1.165, 1.54) is 0 Å². The number of rotatable bonds is 6. The van der Waals surface area contributed by atoms with Gasteiger partial charge >= 0.3 is 29.6 Å². The van der Waals surface area contributed by atoms with Crippen LogP contribution in [0.1, 0.15) is 0 Å². The van der Waals surface area contributed by atoms with Crippen LogP contribution >= 0.6 is 0 Å². The van der Waals surface area contributed by atoms with Gasteiger partial charge in [0.1, 0.15) is 0 Å². The van der Waals surface area contributed by atoms with Gasteiger partial charge in [0.2, 0.25) is 6.17 Å². The SMILES string of the molecule is O=C(F)C(=O)C(F)(F)C(F)(F)C(F)(F)C(F)C(F)F. The molecule has 0 aromatic rings. The van der Waals surface area contributed by atoms with Crippen LogP contribution in [0.4, 0.5) is 43.9 Å². The maximum atomic E-state index is 12.6. The smallest absolute Gasteiger partial charge is 0.281 e. The van der Waals surface area contributed by atoms with E-state index in [-0.39, 0.29) is 0 Å². The summed E-state index contributed by atoms with van der Waals surface area (Å²) in [5.41, 5.74) is 0. The van der Waals surface area contributed by atoms with E-state index in [0.29, 0.717) is 0 Å². The van der Waals surface area contributed by atoms with Crippen LogP contribution in [0, 0.1) is 0 Å². The van der Waals surface area contributed by atoms with E-state index in [4.69, 9.17) is 0 Å². The second-order valence-electron chi connectivity index (χ2n) is 3.11. The molecular weight excluding hydrogens is 306 g/mol. The van der Waals surface area contributed by atoms with E-state index in [9.17, 15) is 53.5 Å². The molecule has 1 unspecified atom stereocenters. The molecule has 0 aliphatic rings. The van der Waals surface area contributed by atoms with Gasteiger partial charge in [-0.1, -0.05) is 0 Å². The molecule has 0 saturated carbocycles. The number of ketones is 1. The van der Waals surface area contributed by atoms with Crippen LogP contribution in [0.5, 0.6) is 0 Å². The summed E-state index contributed by atoms with van der Waals surface area (Å²) in [7, 11) is 0. The van der Waals surface area contributed by atoms with Gasteiger partial charge in [0.15, 0.2) is 0 Å². The highest BCUT2D eigenvalue weighted by Gasteiger charge is 2.79. The maximum absolute atomic E-state index is 12.6. The van der Waals surface area contributed by atoms with E-state index in [0.717, 1.165) is 0 Å². The predicted molar refractivity (Wildman–Crippen MR) is 36.9 cm³/mol. The molecule has 0 bridgehead atoms. The molecule has 12 heteroatoms. The third-order valence-corrected chi connectivity index (χ3v) is 1.84. The highest BCUT2D eigenvalue weighted by Crippen LogP contribution is 2.49. The molecule has 0 fully saturated rings. The van der Waals surface area contributed by atoms with Gasteiger partial charge in [0, 0.05) is 0 Å². The van der Waals surface area contributed by atoms with Gasteiger partial charge in [-0.05, 0) is 0 Å². The van der Waals surface area contributed by atoms with E-state index in [1.807, 2.05) is 0 Å². The second-order valence-corrected chi connectivity index (χ2v) is 3.11. The Labute approximate surface area is 96.9 Å². The summed E-state index contributed by atoms with van der Waals surface area (Å²) in [5.74, 6) is -24.3. The lowest BCUT2D eigenvalue weighted by Gasteiger charge is -2.32. The fourth-order valence-electron chi connectivity index (χ4n) is 0.807. The van der Waals surface area contributed by atoms with Crippen LogP contribution in [0.3, 0.4) is 0 Å². The third kappa shape index (κ3) is 2.66. The first-order chi connectivity index (χ1) is 8.21. The molecule has 0 N–H and O–H groups in total. The lowest BCUT2D eigenvalue weighted by atomic mass is 9.97. The number of hydrogen-bond donors (Lipinski definition) is 0. The topological polar surface area (TPSA) is 34.1 Å². The van der Waals surface area contributed by atoms with Crippen LogP contribution in [0.15, 0.2) is 0 Å². The third-order valence-electron chi connectivity index (χ3n) is 1.84. The molecule has 0 saturated heterocycles. The minimum atomic E-state index is -7.03. The number of halogens is 10. The fraction of sp³-hybridized carbons (Fsp3) is 0.714. The van der Waals surface area contributed by atoms with Crippen molar-refractivity contribution in [3.05, 3.63) is 0 Å². The molecule has 0 amide bonds. The van der Waals surface area contributed by atoms with Crippen molar-refractivity contribution in [3.63, 3.8) is 0 Å². The fourth-order valence-corrected chi connectivity index (χ4v) is 0.807. The van der Waals surface area contributed by atoms with Crippen molar-refractivity contribution < 1.29 is 53.5 Å². The Morgan fingerprint density at radius 3 is 1.47 bits per heavy atom. The highest BCUT2D eigenvalue weighted by molar-refractivity contribution is 6.36. The molecule has 0 aromatic carbocycles. The monoisotopic (exact) mass is 308 g/mol. The van der Waals surface area contributed by atoms with Crippen molar-refractivity contribution in [1.82, 2.24) is 0 Å². The average Bonchev–Trinajstić information content (AvgIpc) is 2.25. The summed E-state index contributed by atoms with van der Waals surface area (Å²) in [5, 5.41) is 0. The van der Waals surface area contributed by atoms with Gasteiger partial charge in [-0.25, -0.2) is 13.2 Å². The summed E-state index contributed by atoms with van der Waals surface area (Å²) in [4.78, 5) is 19.6. The molecule has 0 radical (unpaired) electrons. The van der Waals surface area contributed by atoms with Crippen molar-refractivity contribution in [2.24, 2.45) is 0 Å². The van der Waals surface area contributed by atoms with Gasteiger partial charge in [0.25, 0.3) is 6.43 Å². The summed E-state index contributed by atoms with van der Waals surface area (Å²) in [6.45, 7) is 0. The Morgan fingerprint density at radius 1 is 0.842 bits per heavy atom. The Hall–Kier alpha value is -1.36. The van der Waals surface area contributed by atoms with Crippen molar-refractivity contribution in [2.75, 3.05) is 0 Å². The first-order valence-corrected chi connectivity index (χ1v) is 4.01. The standard InChI is InChI=1S/C7H2F10O2/c8-1(3(9)10)5(12,13)7(16,17)6(14,15)2(18)4(11)19/h1,3H. The van der Waals surface area contributed by atoms with E-state index >= 15 is 0 Å². The molecule has 0 heterocycles. The largest absolute Gasteiger partial charge is 0.383 e. The lowest BCUT2D eigenvalue weighted by Crippen LogP contribution is -2.63. The van der Waals surface area contributed by atoms with Gasteiger partial charge in [-0.3, -0.25) is 9.59 Å². The molecule has 19 heavy (non-hydrogen) atoms. The number of alkyl halides is 9. The number of hydrogen-bond acceptors (Lipinski definition) is 2. The Balaban J connectivity index is 5.71. The summed E-state index contributed by atoms with van der Waals surface area (Å²) >= 11 is 0. The lowest BCUT2D eigenvalue weighted by molar-refractivity contribution is -0.321. The van der Waals surface area contributed by atoms with Crippen molar-refractivity contribution >= 4 is 11.8 Å². The number of carbonyl (C=O) groups excluding carboxylic acids is 2. The molecule has 2 nitrogen and oxygen atoms in total. The van der Waals surface area contributed by atoms with Crippen molar-refractivity contribution in [2.45, 2.75) is 30.4 Å². The van der Waals surface area contributed by atoms with Crippen molar-refractivity contribution in [1.29, 1.82) is 0 Å². The molecular formula is C7H2F10O2. The van der Waals surface area contributed by atoms with E-state index in [1.54, 1.807) is 0 Å². The molecule has 112 valence electrons. The zero-order valence-corrected chi connectivity index (χ0v) is 8.25. The van der Waals surface area contributed by atoms with Gasteiger partial charge in [-0.2, -0.15) is 30.7 Å². The minimum Gasteiger partial charge on any atom is -0.281 e. The van der Waals surface area contributed by atoms with Gasteiger partial charge in [0.05, 0.1) is 0 Å². The minimum absolute atomic E-state index is 3.71. The highest BCUT2D eigenvalue weighted by atomic mass is 19.4. The number of Topliss-reactive ketones (excluding diaryl/α,β-unsaturated/α-hetero) is 1. The normalized spacial score (nSPS) is 15.5. The Bertz CT molecular complexity index is 376. The second kappa shape index (κ2) is 4.96. The van der Waals surface area contributed by atoms with Gasteiger partial charge < -0.3 is 0 Å². The molecule has 0 aromatic heterocycles.